The lowest BCUT2D eigenvalue weighted by Gasteiger charge is -2.02. The Morgan fingerprint density at radius 2 is 1.58 bits per heavy atom. The lowest BCUT2D eigenvalue weighted by Crippen LogP contribution is -2.01. The summed E-state index contributed by atoms with van der Waals surface area (Å²) in [6, 6.07) is 0.184. The quantitative estimate of drug-likeness (QED) is 0.396. The summed E-state index contributed by atoms with van der Waals surface area (Å²) in [5.74, 6) is -6.37. The average molecular weight is 180 g/mol. The third kappa shape index (κ3) is 1.27. The van der Waals surface area contributed by atoms with Crippen molar-refractivity contribution in [1.82, 2.24) is 0 Å². The summed E-state index contributed by atoms with van der Waals surface area (Å²) in [5.41, 5.74) is -0.867. The van der Waals surface area contributed by atoms with Crippen molar-refractivity contribution in [3.8, 4) is 0 Å². The van der Waals surface area contributed by atoms with Gasteiger partial charge in [0.15, 0.2) is 17.5 Å². The fourth-order valence-corrected chi connectivity index (χ4v) is 0.749. The van der Waals surface area contributed by atoms with Crippen molar-refractivity contribution in [2.45, 2.75) is 6.61 Å². The number of hydrogen-bond donors (Lipinski definition) is 1. The summed E-state index contributed by atoms with van der Waals surface area (Å²) in [5, 5.41) is 8.35. The Bertz CT molecular complexity index is 311. The van der Waals surface area contributed by atoms with E-state index in [1.807, 2.05) is 0 Å². The van der Waals surface area contributed by atoms with Crippen molar-refractivity contribution in [3.05, 3.63) is 34.9 Å². The molecule has 0 fully saturated rings. The van der Waals surface area contributed by atoms with Gasteiger partial charge in [-0.2, -0.15) is 0 Å². The van der Waals surface area contributed by atoms with Crippen LogP contribution in [0.2, 0.25) is 0 Å². The smallest absolute Gasteiger partial charge is 0.194 e. The third-order valence-corrected chi connectivity index (χ3v) is 1.37. The predicted octanol–water partition coefficient (Wildman–Crippen LogP) is 1.74. The maximum absolute atomic E-state index is 12.5. The van der Waals surface area contributed by atoms with Crippen molar-refractivity contribution >= 4 is 0 Å². The van der Waals surface area contributed by atoms with E-state index in [0.717, 1.165) is 0 Å². The van der Waals surface area contributed by atoms with Gasteiger partial charge in [0.05, 0.1) is 12.2 Å². The Morgan fingerprint density at radius 3 is 2.08 bits per heavy atom. The molecule has 1 rings (SSSR count). The normalized spacial score (nSPS) is 10.4. The number of halogens is 4. The van der Waals surface area contributed by atoms with Gasteiger partial charge in [-0.1, -0.05) is 0 Å². The first-order chi connectivity index (χ1) is 5.57. The van der Waals surface area contributed by atoms with Crippen LogP contribution in [0.15, 0.2) is 6.07 Å². The molecule has 0 spiro atoms. The second-order valence-electron chi connectivity index (χ2n) is 2.10. The van der Waals surface area contributed by atoms with Crippen LogP contribution in [0, 0.1) is 23.3 Å². The summed E-state index contributed by atoms with van der Waals surface area (Å²) in [6.45, 7) is -1.01. The molecule has 12 heavy (non-hydrogen) atoms. The largest absolute Gasteiger partial charge is 0.391 e. The highest BCUT2D eigenvalue weighted by atomic mass is 19.2. The minimum absolute atomic E-state index is 0.184. The Hall–Kier alpha value is -1.10. The number of aliphatic hydroxyl groups is 1. The summed E-state index contributed by atoms with van der Waals surface area (Å²) in [4.78, 5) is 0. The van der Waals surface area contributed by atoms with Crippen LogP contribution in [-0.4, -0.2) is 5.11 Å². The van der Waals surface area contributed by atoms with Gasteiger partial charge in [-0.25, -0.2) is 17.6 Å². The van der Waals surface area contributed by atoms with Crippen molar-refractivity contribution in [3.63, 3.8) is 0 Å². The van der Waals surface area contributed by atoms with Crippen molar-refractivity contribution in [2.75, 3.05) is 0 Å². The Kier molecular flexibility index (Phi) is 2.32. The van der Waals surface area contributed by atoms with E-state index >= 15 is 0 Å². The maximum atomic E-state index is 12.5. The van der Waals surface area contributed by atoms with E-state index < -0.39 is 35.4 Å². The van der Waals surface area contributed by atoms with Crippen LogP contribution < -0.4 is 0 Å². The van der Waals surface area contributed by atoms with Gasteiger partial charge in [0.25, 0.3) is 0 Å². The predicted molar refractivity (Wildman–Crippen MR) is 32.2 cm³/mol. The van der Waals surface area contributed by atoms with Gasteiger partial charge in [0.2, 0.25) is 0 Å². The van der Waals surface area contributed by atoms with Crippen molar-refractivity contribution < 1.29 is 22.7 Å². The molecule has 0 bridgehead atoms. The van der Waals surface area contributed by atoms with Crippen LogP contribution in [0.25, 0.3) is 0 Å². The van der Waals surface area contributed by atoms with Crippen LogP contribution in [-0.2, 0) is 6.61 Å². The summed E-state index contributed by atoms with van der Waals surface area (Å²) in [7, 11) is 0. The molecular weight excluding hydrogens is 176 g/mol. The number of benzene rings is 1. The van der Waals surface area contributed by atoms with Crippen LogP contribution in [0.5, 0.6) is 0 Å². The standard InChI is InChI=1S/C7H4F4O/c8-4-1-5(9)7(11)6(10)3(4)2-12/h1,12H,2H2. The van der Waals surface area contributed by atoms with Crippen LogP contribution >= 0.6 is 0 Å². The molecule has 1 nitrogen and oxygen atoms in total. The lowest BCUT2D eigenvalue weighted by molar-refractivity contribution is 0.264. The van der Waals surface area contributed by atoms with Crippen LogP contribution in [0.3, 0.4) is 0 Å². The lowest BCUT2D eigenvalue weighted by atomic mass is 10.2. The topological polar surface area (TPSA) is 20.2 Å². The molecular formula is C7H4F4O. The highest BCUT2D eigenvalue weighted by molar-refractivity contribution is 5.21. The molecule has 0 aliphatic heterocycles. The van der Waals surface area contributed by atoms with Gasteiger partial charge in [-0.3, -0.25) is 0 Å². The number of aliphatic hydroxyl groups excluding tert-OH is 1. The van der Waals surface area contributed by atoms with E-state index in [2.05, 4.69) is 0 Å². The van der Waals surface area contributed by atoms with Crippen molar-refractivity contribution in [1.29, 1.82) is 0 Å². The highest BCUT2D eigenvalue weighted by Gasteiger charge is 2.17. The monoisotopic (exact) mass is 180 g/mol. The summed E-state index contributed by atoms with van der Waals surface area (Å²) >= 11 is 0. The molecule has 0 aliphatic rings. The van der Waals surface area contributed by atoms with Gasteiger partial charge < -0.3 is 5.11 Å². The molecule has 0 aliphatic carbocycles. The first-order valence-electron chi connectivity index (χ1n) is 3.00. The molecule has 0 unspecified atom stereocenters. The molecule has 0 saturated carbocycles. The van der Waals surface area contributed by atoms with E-state index in [1.54, 1.807) is 0 Å². The van der Waals surface area contributed by atoms with Gasteiger partial charge in [0, 0.05) is 6.07 Å². The van der Waals surface area contributed by atoms with E-state index in [1.165, 1.54) is 0 Å². The van der Waals surface area contributed by atoms with Crippen LogP contribution in [0.1, 0.15) is 5.56 Å². The minimum Gasteiger partial charge on any atom is -0.391 e. The number of hydrogen-bond acceptors (Lipinski definition) is 1. The van der Waals surface area contributed by atoms with E-state index in [9.17, 15) is 17.6 Å². The summed E-state index contributed by atoms with van der Waals surface area (Å²) < 4.78 is 49.5. The van der Waals surface area contributed by atoms with Gasteiger partial charge >= 0.3 is 0 Å². The molecule has 5 heteroatoms. The fraction of sp³-hybridized carbons (Fsp3) is 0.143. The van der Waals surface area contributed by atoms with E-state index in [4.69, 9.17) is 5.11 Å². The van der Waals surface area contributed by atoms with Crippen LogP contribution in [0.4, 0.5) is 17.6 Å². The second kappa shape index (κ2) is 3.10. The van der Waals surface area contributed by atoms with Gasteiger partial charge in [-0.05, 0) is 0 Å². The maximum Gasteiger partial charge on any atom is 0.194 e. The second-order valence-corrected chi connectivity index (χ2v) is 2.10. The molecule has 0 aromatic heterocycles. The molecule has 0 heterocycles. The molecule has 0 atom stereocenters. The molecule has 0 amide bonds. The Morgan fingerprint density at radius 1 is 1.00 bits per heavy atom. The molecule has 66 valence electrons. The molecule has 1 aromatic rings. The molecule has 0 radical (unpaired) electrons. The zero-order chi connectivity index (χ0) is 9.30. The first-order valence-corrected chi connectivity index (χ1v) is 3.00. The van der Waals surface area contributed by atoms with Gasteiger partial charge in [0.1, 0.15) is 5.82 Å². The number of rotatable bonds is 1. The molecule has 1 aromatic carbocycles. The fourth-order valence-electron chi connectivity index (χ4n) is 0.749. The molecule has 0 saturated heterocycles. The Balaban J connectivity index is 3.40. The SMILES string of the molecule is OCc1c(F)cc(F)c(F)c1F. The zero-order valence-corrected chi connectivity index (χ0v) is 5.74. The van der Waals surface area contributed by atoms with E-state index in [-0.39, 0.29) is 6.07 Å². The van der Waals surface area contributed by atoms with Crippen molar-refractivity contribution in [2.24, 2.45) is 0 Å². The van der Waals surface area contributed by atoms with Gasteiger partial charge in [-0.15, -0.1) is 0 Å². The Labute approximate surface area is 65.3 Å². The minimum atomic E-state index is -1.78. The third-order valence-electron chi connectivity index (χ3n) is 1.37. The highest BCUT2D eigenvalue weighted by Crippen LogP contribution is 2.18. The zero-order valence-electron chi connectivity index (χ0n) is 5.74. The summed E-state index contributed by atoms with van der Waals surface area (Å²) in [6.07, 6.45) is 0. The average Bonchev–Trinajstić information content (AvgIpc) is 2.01. The first kappa shape index (κ1) is 8.99. The molecule has 1 N–H and O–H groups in total. The van der Waals surface area contributed by atoms with E-state index in [0.29, 0.717) is 0 Å².